The minimum Gasteiger partial charge on any atom is -0.492 e. The number of rotatable bonds is 6. The molecular formula is C17H24F3N3O2. The summed E-state index contributed by atoms with van der Waals surface area (Å²) in [5.74, 6) is 1.66. The largest absolute Gasteiger partial charge is 0.492 e. The third kappa shape index (κ3) is 6.12. The second-order valence-electron chi connectivity index (χ2n) is 5.95. The molecule has 1 aliphatic rings. The van der Waals surface area contributed by atoms with E-state index in [0.29, 0.717) is 24.8 Å². The van der Waals surface area contributed by atoms with E-state index in [1.54, 1.807) is 7.05 Å². The normalized spacial score (nSPS) is 18.3. The number of hydrogen-bond acceptors (Lipinski definition) is 3. The van der Waals surface area contributed by atoms with Gasteiger partial charge >= 0.3 is 6.18 Å². The van der Waals surface area contributed by atoms with Gasteiger partial charge in [0.2, 0.25) is 0 Å². The lowest BCUT2D eigenvalue weighted by Crippen LogP contribution is -2.42. The van der Waals surface area contributed by atoms with Gasteiger partial charge in [0, 0.05) is 33.2 Å². The molecule has 1 aromatic carbocycles. The van der Waals surface area contributed by atoms with Gasteiger partial charge in [-0.15, -0.1) is 0 Å². The molecule has 0 radical (unpaired) electrons. The molecule has 1 heterocycles. The number of guanidine groups is 1. The molecule has 1 unspecified atom stereocenters. The average Bonchev–Trinajstić information content (AvgIpc) is 3.07. The number of nitrogens with zero attached hydrogens (tertiary/aromatic N) is 2. The molecule has 2 rings (SSSR count). The van der Waals surface area contributed by atoms with E-state index in [2.05, 4.69) is 10.3 Å². The fraction of sp³-hybridized carbons (Fsp3) is 0.588. The third-order valence-corrected chi connectivity index (χ3v) is 3.96. The number of hydrogen-bond donors (Lipinski definition) is 1. The van der Waals surface area contributed by atoms with Crippen molar-refractivity contribution in [1.82, 2.24) is 10.2 Å². The van der Waals surface area contributed by atoms with E-state index in [9.17, 15) is 13.2 Å². The first-order chi connectivity index (χ1) is 11.9. The molecule has 8 heteroatoms. The molecule has 1 atom stereocenters. The Morgan fingerprint density at radius 2 is 2.08 bits per heavy atom. The van der Waals surface area contributed by atoms with Gasteiger partial charge in [-0.3, -0.25) is 4.99 Å². The maximum Gasteiger partial charge on any atom is 0.416 e. The van der Waals surface area contributed by atoms with E-state index in [1.165, 1.54) is 12.1 Å². The molecule has 0 amide bonds. The molecule has 0 spiro atoms. The highest BCUT2D eigenvalue weighted by Crippen LogP contribution is 2.30. The smallest absolute Gasteiger partial charge is 0.416 e. The van der Waals surface area contributed by atoms with Crippen molar-refractivity contribution in [3.63, 3.8) is 0 Å². The molecule has 0 aliphatic carbocycles. The van der Waals surface area contributed by atoms with Gasteiger partial charge in [0.25, 0.3) is 0 Å². The van der Waals surface area contributed by atoms with E-state index in [4.69, 9.17) is 9.47 Å². The van der Waals surface area contributed by atoms with Crippen molar-refractivity contribution in [2.45, 2.75) is 12.6 Å². The van der Waals surface area contributed by atoms with Crippen LogP contribution in [0.2, 0.25) is 0 Å². The molecule has 0 aromatic heterocycles. The van der Waals surface area contributed by atoms with Gasteiger partial charge in [0.05, 0.1) is 18.7 Å². The van der Waals surface area contributed by atoms with Crippen LogP contribution in [0.1, 0.15) is 12.0 Å². The second-order valence-corrected chi connectivity index (χ2v) is 5.95. The number of nitrogens with one attached hydrogen (secondary N) is 1. The standard InChI is InChI=1S/C17H24F3N3O2/c1-21-16(23(2)11-13-7-9-24-12-13)22-8-10-25-15-5-3-14(4-6-15)17(18,19)20/h3-6,13H,7-12H2,1-2H3,(H,21,22). The summed E-state index contributed by atoms with van der Waals surface area (Å²) in [6, 6.07) is 4.67. The van der Waals surface area contributed by atoms with Crippen molar-refractivity contribution in [2.24, 2.45) is 10.9 Å². The lowest BCUT2D eigenvalue weighted by molar-refractivity contribution is -0.137. The zero-order valence-corrected chi connectivity index (χ0v) is 14.5. The van der Waals surface area contributed by atoms with Gasteiger partial charge in [0.1, 0.15) is 12.4 Å². The van der Waals surface area contributed by atoms with Crippen LogP contribution in [0.4, 0.5) is 13.2 Å². The van der Waals surface area contributed by atoms with Crippen LogP contribution in [0.15, 0.2) is 29.3 Å². The van der Waals surface area contributed by atoms with Crippen LogP contribution in [-0.4, -0.2) is 57.9 Å². The number of halogens is 3. The topological polar surface area (TPSA) is 46.1 Å². The van der Waals surface area contributed by atoms with Gasteiger partial charge in [-0.05, 0) is 30.7 Å². The van der Waals surface area contributed by atoms with Crippen LogP contribution in [0.3, 0.4) is 0 Å². The van der Waals surface area contributed by atoms with Crippen molar-refractivity contribution in [1.29, 1.82) is 0 Å². The van der Waals surface area contributed by atoms with E-state index in [-0.39, 0.29) is 0 Å². The van der Waals surface area contributed by atoms with Crippen LogP contribution < -0.4 is 10.1 Å². The number of aliphatic imine (C=N–C) groups is 1. The van der Waals surface area contributed by atoms with Crippen molar-refractivity contribution in [3.05, 3.63) is 29.8 Å². The van der Waals surface area contributed by atoms with Crippen molar-refractivity contribution in [3.8, 4) is 5.75 Å². The minimum atomic E-state index is -4.33. The Balaban J connectivity index is 1.71. The average molecular weight is 359 g/mol. The molecule has 0 saturated carbocycles. The summed E-state index contributed by atoms with van der Waals surface area (Å²) in [5.41, 5.74) is -0.684. The summed E-state index contributed by atoms with van der Waals surface area (Å²) < 4.78 is 48.3. The van der Waals surface area contributed by atoms with Crippen molar-refractivity contribution >= 4 is 5.96 Å². The molecule has 1 aromatic rings. The summed E-state index contributed by atoms with van der Waals surface area (Å²) in [4.78, 5) is 6.26. The lowest BCUT2D eigenvalue weighted by Gasteiger charge is -2.24. The Morgan fingerprint density at radius 1 is 1.36 bits per heavy atom. The highest BCUT2D eigenvalue weighted by atomic mass is 19.4. The monoisotopic (exact) mass is 359 g/mol. The van der Waals surface area contributed by atoms with Crippen LogP contribution in [0, 0.1) is 5.92 Å². The Hall–Kier alpha value is -1.96. The van der Waals surface area contributed by atoms with Crippen molar-refractivity contribution < 1.29 is 22.6 Å². The van der Waals surface area contributed by atoms with E-state index in [0.717, 1.165) is 44.3 Å². The van der Waals surface area contributed by atoms with E-state index in [1.807, 2.05) is 11.9 Å². The number of ether oxygens (including phenoxy) is 2. The summed E-state index contributed by atoms with van der Waals surface area (Å²) in [6.45, 7) is 3.27. The molecule has 5 nitrogen and oxygen atoms in total. The second kappa shape index (κ2) is 8.94. The lowest BCUT2D eigenvalue weighted by atomic mass is 10.1. The van der Waals surface area contributed by atoms with Crippen molar-refractivity contribution in [2.75, 3.05) is 47.0 Å². The van der Waals surface area contributed by atoms with Gasteiger partial charge in [-0.25, -0.2) is 0 Å². The summed E-state index contributed by atoms with van der Waals surface area (Å²) in [6.07, 6.45) is -3.28. The fourth-order valence-corrected chi connectivity index (χ4v) is 2.66. The zero-order chi connectivity index (χ0) is 18.3. The molecule has 1 saturated heterocycles. The number of alkyl halides is 3. The van der Waals surface area contributed by atoms with Gasteiger partial charge < -0.3 is 19.7 Å². The maximum absolute atomic E-state index is 12.5. The minimum absolute atomic E-state index is 0.324. The van der Waals surface area contributed by atoms with Crippen LogP contribution in [-0.2, 0) is 10.9 Å². The van der Waals surface area contributed by atoms with E-state index < -0.39 is 11.7 Å². The first-order valence-electron chi connectivity index (χ1n) is 8.19. The Kier molecular flexibility index (Phi) is 6.92. The highest BCUT2D eigenvalue weighted by molar-refractivity contribution is 5.79. The number of benzene rings is 1. The Bertz CT molecular complexity index is 555. The zero-order valence-electron chi connectivity index (χ0n) is 14.5. The van der Waals surface area contributed by atoms with Gasteiger partial charge in [0.15, 0.2) is 5.96 Å². The predicted octanol–water partition coefficient (Wildman–Crippen LogP) is 2.63. The molecule has 1 fully saturated rings. The molecule has 0 bridgehead atoms. The van der Waals surface area contributed by atoms with Gasteiger partial charge in [-0.2, -0.15) is 13.2 Å². The van der Waals surface area contributed by atoms with E-state index >= 15 is 0 Å². The van der Waals surface area contributed by atoms with Crippen LogP contribution in [0.25, 0.3) is 0 Å². The maximum atomic E-state index is 12.5. The van der Waals surface area contributed by atoms with Crippen LogP contribution in [0.5, 0.6) is 5.75 Å². The molecule has 1 aliphatic heterocycles. The summed E-state index contributed by atoms with van der Waals surface area (Å²) in [7, 11) is 3.67. The van der Waals surface area contributed by atoms with Crippen LogP contribution >= 0.6 is 0 Å². The summed E-state index contributed by atoms with van der Waals surface area (Å²) in [5, 5.41) is 3.18. The molecular weight excluding hydrogens is 335 g/mol. The SMILES string of the molecule is CN=C(NCCOc1ccc(C(F)(F)F)cc1)N(C)CC1CCOC1. The first-order valence-corrected chi connectivity index (χ1v) is 8.19. The molecule has 25 heavy (non-hydrogen) atoms. The fourth-order valence-electron chi connectivity index (χ4n) is 2.66. The Morgan fingerprint density at radius 3 is 2.64 bits per heavy atom. The summed E-state index contributed by atoms with van der Waals surface area (Å²) >= 11 is 0. The molecule has 140 valence electrons. The predicted molar refractivity (Wildman–Crippen MR) is 89.9 cm³/mol. The first kappa shape index (κ1) is 19.4. The highest BCUT2D eigenvalue weighted by Gasteiger charge is 2.30. The molecule has 1 N–H and O–H groups in total. The quantitative estimate of drug-likeness (QED) is 0.482. The Labute approximate surface area is 145 Å². The third-order valence-electron chi connectivity index (χ3n) is 3.96. The van der Waals surface area contributed by atoms with Gasteiger partial charge in [-0.1, -0.05) is 0 Å².